The van der Waals surface area contributed by atoms with Gasteiger partial charge in [0.25, 0.3) is 0 Å². The molecule has 1 rings (SSSR count). The Bertz CT molecular complexity index is 190. The molecule has 0 radical (unpaired) electrons. The first-order valence-corrected chi connectivity index (χ1v) is 5.06. The predicted molar refractivity (Wildman–Crippen MR) is 54.3 cm³/mol. The van der Waals surface area contributed by atoms with Gasteiger partial charge in [-0.3, -0.25) is 4.79 Å². The molecule has 1 fully saturated rings. The summed E-state index contributed by atoms with van der Waals surface area (Å²) in [5.41, 5.74) is 1.22. The number of carbonyl (C=O) groups is 1. The second kappa shape index (κ2) is 4.70. The minimum Gasteiger partial charge on any atom is -0.283 e. The standard InChI is InChI=1S/C10H16OS/c1-8(7-10(11)12)9-5-3-2-4-6-9/h7,9H,2-6H2,1H3,(H,11,12). The Morgan fingerprint density at radius 1 is 1.33 bits per heavy atom. The lowest BCUT2D eigenvalue weighted by Gasteiger charge is -2.21. The highest BCUT2D eigenvalue weighted by Crippen LogP contribution is 2.29. The summed E-state index contributed by atoms with van der Waals surface area (Å²) in [6.07, 6.45) is 8.16. The smallest absolute Gasteiger partial charge is 0.209 e. The van der Waals surface area contributed by atoms with Crippen LogP contribution in [-0.4, -0.2) is 5.12 Å². The third-order valence-electron chi connectivity index (χ3n) is 2.60. The summed E-state index contributed by atoms with van der Waals surface area (Å²) in [6.45, 7) is 2.05. The van der Waals surface area contributed by atoms with Gasteiger partial charge in [0.1, 0.15) is 0 Å². The molecular formula is C10H16OS. The number of hydrogen-bond donors (Lipinski definition) is 1. The number of hydrogen-bond acceptors (Lipinski definition) is 1. The lowest BCUT2D eigenvalue weighted by Crippen LogP contribution is -2.07. The summed E-state index contributed by atoms with van der Waals surface area (Å²) >= 11 is 3.74. The third-order valence-corrected chi connectivity index (χ3v) is 2.73. The molecule has 0 spiro atoms. The minimum absolute atomic E-state index is 0.113. The molecule has 2 heteroatoms. The van der Waals surface area contributed by atoms with Gasteiger partial charge in [0.15, 0.2) is 0 Å². The molecule has 0 aliphatic heterocycles. The van der Waals surface area contributed by atoms with Crippen LogP contribution in [0.25, 0.3) is 0 Å². The molecule has 0 amide bonds. The normalized spacial score (nSPS) is 21.0. The van der Waals surface area contributed by atoms with Crippen molar-refractivity contribution in [3.63, 3.8) is 0 Å². The third kappa shape index (κ3) is 3.02. The van der Waals surface area contributed by atoms with E-state index in [1.807, 2.05) is 6.92 Å². The van der Waals surface area contributed by atoms with Gasteiger partial charge in [0.2, 0.25) is 5.12 Å². The van der Waals surface area contributed by atoms with Gasteiger partial charge in [-0.05, 0) is 31.8 Å². The van der Waals surface area contributed by atoms with Crippen LogP contribution < -0.4 is 0 Å². The van der Waals surface area contributed by atoms with E-state index in [0.29, 0.717) is 5.92 Å². The molecule has 0 saturated heterocycles. The van der Waals surface area contributed by atoms with Crippen LogP contribution in [0.15, 0.2) is 11.6 Å². The van der Waals surface area contributed by atoms with E-state index in [1.54, 1.807) is 6.08 Å². The van der Waals surface area contributed by atoms with E-state index in [4.69, 9.17) is 0 Å². The summed E-state index contributed by atoms with van der Waals surface area (Å²) in [4.78, 5) is 10.7. The minimum atomic E-state index is -0.113. The summed E-state index contributed by atoms with van der Waals surface area (Å²) in [5, 5.41) is -0.113. The van der Waals surface area contributed by atoms with Gasteiger partial charge in [-0.2, -0.15) is 0 Å². The van der Waals surface area contributed by atoms with Crippen LogP contribution in [-0.2, 0) is 4.79 Å². The van der Waals surface area contributed by atoms with Gasteiger partial charge in [-0.1, -0.05) is 24.8 Å². The first-order chi connectivity index (χ1) is 5.70. The van der Waals surface area contributed by atoms with Crippen LogP contribution in [0.5, 0.6) is 0 Å². The Morgan fingerprint density at radius 2 is 1.92 bits per heavy atom. The average molecular weight is 184 g/mol. The molecule has 0 aromatic heterocycles. The Kier molecular flexibility index (Phi) is 3.86. The van der Waals surface area contributed by atoms with E-state index in [9.17, 15) is 4.79 Å². The number of rotatable bonds is 2. The molecule has 12 heavy (non-hydrogen) atoms. The Labute approximate surface area is 79.6 Å². The SMILES string of the molecule is CC(=CC(=O)S)C1CCCCC1. The molecule has 1 aliphatic rings. The molecule has 0 unspecified atom stereocenters. The number of carbonyl (C=O) groups excluding carboxylic acids is 1. The average Bonchev–Trinajstić information content (AvgIpc) is 2.05. The van der Waals surface area contributed by atoms with Crippen molar-refractivity contribution < 1.29 is 4.79 Å². The van der Waals surface area contributed by atoms with Crippen LogP contribution >= 0.6 is 12.6 Å². The first kappa shape index (κ1) is 9.85. The fraction of sp³-hybridized carbons (Fsp3) is 0.700. The summed E-state index contributed by atoms with van der Waals surface area (Å²) in [6, 6.07) is 0. The van der Waals surface area contributed by atoms with Crippen LogP contribution in [0, 0.1) is 5.92 Å². The van der Waals surface area contributed by atoms with Crippen molar-refractivity contribution in [3.8, 4) is 0 Å². The lowest BCUT2D eigenvalue weighted by molar-refractivity contribution is -0.106. The van der Waals surface area contributed by atoms with E-state index in [0.717, 1.165) is 0 Å². The zero-order chi connectivity index (χ0) is 8.97. The summed E-state index contributed by atoms with van der Waals surface area (Å²) in [7, 11) is 0. The number of allylic oxidation sites excluding steroid dienone is 1. The second-order valence-corrected chi connectivity index (χ2v) is 4.00. The van der Waals surface area contributed by atoms with Crippen molar-refractivity contribution in [2.75, 3.05) is 0 Å². The van der Waals surface area contributed by atoms with Gasteiger partial charge >= 0.3 is 0 Å². The molecule has 0 atom stereocenters. The van der Waals surface area contributed by atoms with Crippen molar-refractivity contribution in [3.05, 3.63) is 11.6 Å². The van der Waals surface area contributed by atoms with Gasteiger partial charge < -0.3 is 0 Å². The monoisotopic (exact) mass is 184 g/mol. The largest absolute Gasteiger partial charge is 0.283 e. The maximum absolute atomic E-state index is 10.7. The van der Waals surface area contributed by atoms with E-state index in [1.165, 1.54) is 37.7 Å². The van der Waals surface area contributed by atoms with Crippen molar-refractivity contribution in [2.45, 2.75) is 39.0 Å². The zero-order valence-corrected chi connectivity index (χ0v) is 8.44. The highest BCUT2D eigenvalue weighted by molar-refractivity contribution is 7.97. The molecule has 68 valence electrons. The molecule has 0 heterocycles. The Hall–Kier alpha value is -0.240. The molecule has 1 aliphatic carbocycles. The Morgan fingerprint density at radius 3 is 2.42 bits per heavy atom. The molecule has 0 bridgehead atoms. The fourth-order valence-corrected chi connectivity index (χ4v) is 2.07. The van der Waals surface area contributed by atoms with Crippen molar-refractivity contribution in [1.82, 2.24) is 0 Å². The fourth-order valence-electron chi connectivity index (χ4n) is 1.87. The van der Waals surface area contributed by atoms with E-state index in [2.05, 4.69) is 12.6 Å². The molecule has 0 N–H and O–H groups in total. The van der Waals surface area contributed by atoms with Crippen LogP contribution in [0.2, 0.25) is 0 Å². The quantitative estimate of drug-likeness (QED) is 0.516. The van der Waals surface area contributed by atoms with Crippen LogP contribution in [0.4, 0.5) is 0 Å². The van der Waals surface area contributed by atoms with Gasteiger partial charge in [0.05, 0.1) is 0 Å². The van der Waals surface area contributed by atoms with Crippen molar-refractivity contribution in [2.24, 2.45) is 5.92 Å². The van der Waals surface area contributed by atoms with E-state index >= 15 is 0 Å². The van der Waals surface area contributed by atoms with Crippen LogP contribution in [0.1, 0.15) is 39.0 Å². The van der Waals surface area contributed by atoms with Gasteiger partial charge in [-0.15, -0.1) is 12.6 Å². The summed E-state index contributed by atoms with van der Waals surface area (Å²) in [5.74, 6) is 0.648. The zero-order valence-electron chi connectivity index (χ0n) is 7.55. The van der Waals surface area contributed by atoms with Crippen LogP contribution in [0.3, 0.4) is 0 Å². The second-order valence-electron chi connectivity index (χ2n) is 3.56. The molecular weight excluding hydrogens is 168 g/mol. The first-order valence-electron chi connectivity index (χ1n) is 4.61. The maximum atomic E-state index is 10.7. The molecule has 0 aromatic carbocycles. The van der Waals surface area contributed by atoms with E-state index in [-0.39, 0.29) is 5.12 Å². The predicted octanol–water partition coefficient (Wildman–Crippen LogP) is 2.97. The lowest BCUT2D eigenvalue weighted by atomic mass is 9.84. The summed E-state index contributed by atoms with van der Waals surface area (Å²) < 4.78 is 0. The topological polar surface area (TPSA) is 17.1 Å². The van der Waals surface area contributed by atoms with Gasteiger partial charge in [0, 0.05) is 0 Å². The highest BCUT2D eigenvalue weighted by Gasteiger charge is 2.14. The van der Waals surface area contributed by atoms with Gasteiger partial charge in [-0.25, -0.2) is 0 Å². The molecule has 0 aromatic rings. The molecule has 1 nitrogen and oxygen atoms in total. The molecule has 1 saturated carbocycles. The van der Waals surface area contributed by atoms with Crippen molar-refractivity contribution in [1.29, 1.82) is 0 Å². The highest BCUT2D eigenvalue weighted by atomic mass is 32.1. The maximum Gasteiger partial charge on any atom is 0.209 e. The Balaban J connectivity index is 2.49. The number of thiol groups is 1. The van der Waals surface area contributed by atoms with E-state index < -0.39 is 0 Å². The van der Waals surface area contributed by atoms with Crippen molar-refractivity contribution >= 4 is 17.7 Å².